The molecule has 4 heteroatoms. The van der Waals surface area contributed by atoms with Crippen LogP contribution >= 0.6 is 11.6 Å². The largest absolute Gasteiger partial charge is 0.383 e. The van der Waals surface area contributed by atoms with Gasteiger partial charge in [-0.1, -0.05) is 13.8 Å². The third kappa shape index (κ3) is 8.75. The van der Waals surface area contributed by atoms with Gasteiger partial charge in [0.15, 0.2) is 0 Å². The van der Waals surface area contributed by atoms with Gasteiger partial charge in [0.1, 0.15) is 0 Å². The lowest BCUT2D eigenvalue weighted by Gasteiger charge is -2.15. The van der Waals surface area contributed by atoms with Crippen molar-refractivity contribution in [1.29, 1.82) is 0 Å². The first-order chi connectivity index (χ1) is 6.70. The van der Waals surface area contributed by atoms with Crippen LogP contribution in [-0.4, -0.2) is 45.4 Å². The summed E-state index contributed by atoms with van der Waals surface area (Å²) in [5.41, 5.74) is 0. The molecule has 0 radical (unpaired) electrons. The highest BCUT2D eigenvalue weighted by Gasteiger charge is 2.04. The quantitative estimate of drug-likeness (QED) is 0.475. The molecule has 0 saturated carbocycles. The number of hydrogen-bond donors (Lipinski definition) is 1. The topological polar surface area (TPSA) is 30.5 Å². The molecule has 1 unspecified atom stereocenters. The molecule has 0 aromatic rings. The number of alkyl halides is 1. The zero-order valence-corrected chi connectivity index (χ0v) is 10.1. The fraction of sp³-hybridized carbons (Fsp3) is 1.00. The highest BCUT2D eigenvalue weighted by atomic mass is 35.5. The zero-order valence-electron chi connectivity index (χ0n) is 9.38. The first-order valence-electron chi connectivity index (χ1n) is 5.06. The van der Waals surface area contributed by atoms with Gasteiger partial charge in [0.05, 0.1) is 13.2 Å². The second kappa shape index (κ2) is 9.71. The lowest BCUT2D eigenvalue weighted by atomic mass is 10.2. The van der Waals surface area contributed by atoms with Crippen LogP contribution in [0.2, 0.25) is 0 Å². The summed E-state index contributed by atoms with van der Waals surface area (Å²) < 4.78 is 10.4. The Morgan fingerprint density at radius 1 is 1.29 bits per heavy atom. The average molecular weight is 224 g/mol. The number of nitrogens with one attached hydrogen (secondary N) is 1. The molecule has 0 fully saturated rings. The number of ether oxygens (including phenoxy) is 2. The van der Waals surface area contributed by atoms with Crippen LogP contribution in [0.15, 0.2) is 0 Å². The van der Waals surface area contributed by atoms with Crippen molar-refractivity contribution in [1.82, 2.24) is 5.32 Å². The van der Waals surface area contributed by atoms with Crippen molar-refractivity contribution in [3.8, 4) is 0 Å². The summed E-state index contributed by atoms with van der Waals surface area (Å²) >= 11 is 5.73. The van der Waals surface area contributed by atoms with Crippen LogP contribution in [0.4, 0.5) is 0 Å². The summed E-state index contributed by atoms with van der Waals surface area (Å²) in [4.78, 5) is 0. The normalized spacial score (nSPS) is 13.5. The van der Waals surface area contributed by atoms with Gasteiger partial charge in [-0.15, -0.1) is 11.6 Å². The van der Waals surface area contributed by atoms with E-state index in [4.69, 9.17) is 21.1 Å². The number of rotatable bonds is 9. The fourth-order valence-electron chi connectivity index (χ4n) is 1.01. The molecule has 1 N–H and O–H groups in total. The highest BCUT2D eigenvalue weighted by Crippen LogP contribution is 1.92. The van der Waals surface area contributed by atoms with E-state index in [2.05, 4.69) is 19.2 Å². The molecular weight excluding hydrogens is 202 g/mol. The molecule has 0 saturated heterocycles. The molecule has 86 valence electrons. The van der Waals surface area contributed by atoms with Gasteiger partial charge in [-0.3, -0.25) is 0 Å². The summed E-state index contributed by atoms with van der Waals surface area (Å²) in [6.07, 6.45) is 0. The van der Waals surface area contributed by atoms with Gasteiger partial charge in [0, 0.05) is 32.2 Å². The summed E-state index contributed by atoms with van der Waals surface area (Å²) in [5.74, 6) is 1.16. The van der Waals surface area contributed by atoms with Crippen LogP contribution in [0.25, 0.3) is 0 Å². The van der Waals surface area contributed by atoms with Gasteiger partial charge in [0.2, 0.25) is 0 Å². The Labute approximate surface area is 92.1 Å². The van der Waals surface area contributed by atoms with E-state index in [0.717, 1.165) is 19.8 Å². The number of halogens is 1. The van der Waals surface area contributed by atoms with Crippen LogP contribution in [0.1, 0.15) is 13.8 Å². The zero-order chi connectivity index (χ0) is 10.8. The minimum atomic E-state index is 0.226. The van der Waals surface area contributed by atoms with Crippen molar-refractivity contribution in [2.75, 3.05) is 39.4 Å². The predicted molar refractivity (Wildman–Crippen MR) is 60.0 cm³/mol. The summed E-state index contributed by atoms with van der Waals surface area (Å²) in [5, 5.41) is 3.26. The molecule has 0 aromatic carbocycles. The van der Waals surface area contributed by atoms with Crippen LogP contribution in [0.3, 0.4) is 0 Å². The third-order valence-electron chi connectivity index (χ3n) is 1.68. The van der Waals surface area contributed by atoms with E-state index < -0.39 is 0 Å². The van der Waals surface area contributed by atoms with E-state index in [-0.39, 0.29) is 6.04 Å². The Balaban J connectivity index is 3.24. The average Bonchev–Trinajstić information content (AvgIpc) is 2.15. The van der Waals surface area contributed by atoms with Gasteiger partial charge in [-0.2, -0.15) is 0 Å². The minimum Gasteiger partial charge on any atom is -0.383 e. The summed E-state index contributed by atoms with van der Waals surface area (Å²) in [7, 11) is 1.68. The lowest BCUT2D eigenvalue weighted by Crippen LogP contribution is -2.37. The third-order valence-corrected chi connectivity index (χ3v) is 2.06. The van der Waals surface area contributed by atoms with Crippen molar-refractivity contribution in [2.45, 2.75) is 19.9 Å². The smallest absolute Gasteiger partial charge is 0.0627 e. The maximum absolute atomic E-state index is 5.73. The molecule has 0 aliphatic carbocycles. The molecule has 1 atom stereocenters. The second-order valence-corrected chi connectivity index (χ2v) is 4.04. The Hall–Kier alpha value is 0.170. The molecule has 0 aliphatic rings. The molecule has 0 heterocycles. The molecule has 3 nitrogen and oxygen atoms in total. The molecule has 0 bridgehead atoms. The Morgan fingerprint density at radius 3 is 2.50 bits per heavy atom. The number of methoxy groups -OCH3 is 1. The molecule has 0 aromatic heterocycles. The minimum absolute atomic E-state index is 0.226. The van der Waals surface area contributed by atoms with Crippen molar-refractivity contribution < 1.29 is 9.47 Å². The van der Waals surface area contributed by atoms with E-state index in [1.807, 2.05) is 0 Å². The maximum atomic E-state index is 5.73. The first kappa shape index (κ1) is 14.2. The van der Waals surface area contributed by atoms with Gasteiger partial charge >= 0.3 is 0 Å². The Bertz CT molecular complexity index is 123. The van der Waals surface area contributed by atoms with Crippen molar-refractivity contribution in [2.24, 2.45) is 5.92 Å². The highest BCUT2D eigenvalue weighted by molar-refractivity contribution is 6.18. The fourth-order valence-corrected chi connectivity index (χ4v) is 1.21. The standard InChI is InChI=1S/C10H22ClNO2/c1-9(2)7-14-5-4-12-10(6-11)8-13-3/h9-10,12H,4-8H2,1-3H3. The molecule has 0 amide bonds. The molecule has 0 aliphatic heterocycles. The van der Waals surface area contributed by atoms with Gasteiger partial charge < -0.3 is 14.8 Å². The molecule has 0 spiro atoms. The SMILES string of the molecule is COCC(CCl)NCCOCC(C)C. The predicted octanol–water partition coefficient (Wildman–Crippen LogP) is 1.50. The lowest BCUT2D eigenvalue weighted by molar-refractivity contribution is 0.105. The van der Waals surface area contributed by atoms with Crippen LogP contribution in [0, 0.1) is 5.92 Å². The van der Waals surface area contributed by atoms with Gasteiger partial charge in [-0.25, -0.2) is 0 Å². The first-order valence-corrected chi connectivity index (χ1v) is 5.60. The van der Waals surface area contributed by atoms with E-state index >= 15 is 0 Å². The van der Waals surface area contributed by atoms with E-state index in [1.165, 1.54) is 0 Å². The monoisotopic (exact) mass is 223 g/mol. The van der Waals surface area contributed by atoms with Crippen LogP contribution in [-0.2, 0) is 9.47 Å². The van der Waals surface area contributed by atoms with E-state index in [9.17, 15) is 0 Å². The van der Waals surface area contributed by atoms with Crippen LogP contribution in [0.5, 0.6) is 0 Å². The number of hydrogen-bond acceptors (Lipinski definition) is 3. The van der Waals surface area contributed by atoms with Crippen molar-refractivity contribution >= 4 is 11.6 Å². The Kier molecular flexibility index (Phi) is 9.83. The van der Waals surface area contributed by atoms with Crippen molar-refractivity contribution in [3.05, 3.63) is 0 Å². The molecular formula is C10H22ClNO2. The van der Waals surface area contributed by atoms with Gasteiger partial charge in [-0.05, 0) is 5.92 Å². The molecule has 0 rings (SSSR count). The van der Waals surface area contributed by atoms with Gasteiger partial charge in [0.25, 0.3) is 0 Å². The second-order valence-electron chi connectivity index (χ2n) is 3.73. The maximum Gasteiger partial charge on any atom is 0.0627 e. The van der Waals surface area contributed by atoms with E-state index in [1.54, 1.807) is 7.11 Å². The Morgan fingerprint density at radius 2 is 2.00 bits per heavy atom. The summed E-state index contributed by atoms with van der Waals surface area (Å²) in [6, 6.07) is 0.226. The molecule has 14 heavy (non-hydrogen) atoms. The van der Waals surface area contributed by atoms with Crippen molar-refractivity contribution in [3.63, 3.8) is 0 Å². The van der Waals surface area contributed by atoms with E-state index in [0.29, 0.717) is 18.4 Å². The summed E-state index contributed by atoms with van der Waals surface area (Å²) in [6.45, 7) is 7.30. The van der Waals surface area contributed by atoms with Crippen LogP contribution < -0.4 is 5.32 Å².